The number of aromatic nitrogens is 2. The molecule has 0 aliphatic carbocycles. The highest BCUT2D eigenvalue weighted by molar-refractivity contribution is 6.17. The van der Waals surface area contributed by atoms with E-state index in [0.717, 1.165) is 28.4 Å². The van der Waals surface area contributed by atoms with Gasteiger partial charge in [-0.25, -0.2) is 9.78 Å². The van der Waals surface area contributed by atoms with Crippen LogP contribution >= 0.6 is 0 Å². The van der Waals surface area contributed by atoms with Crippen LogP contribution in [0.5, 0.6) is 5.75 Å². The molecule has 0 unspecified atom stereocenters. The van der Waals surface area contributed by atoms with Crippen LogP contribution in [-0.4, -0.2) is 35.5 Å². The van der Waals surface area contributed by atoms with Gasteiger partial charge in [-0.2, -0.15) is 0 Å². The van der Waals surface area contributed by atoms with Gasteiger partial charge in [-0.1, -0.05) is 0 Å². The van der Waals surface area contributed by atoms with E-state index in [0.29, 0.717) is 33.5 Å². The molecule has 26 heavy (non-hydrogen) atoms. The Morgan fingerprint density at radius 3 is 2.58 bits per heavy atom. The quantitative estimate of drug-likeness (QED) is 0.528. The molecule has 6 nitrogen and oxygen atoms in total. The molecular formula is C20H22N2O4. The minimum Gasteiger partial charge on any atom is -0.492 e. The van der Waals surface area contributed by atoms with Crippen molar-refractivity contribution in [3.05, 3.63) is 34.1 Å². The predicted octanol–water partition coefficient (Wildman–Crippen LogP) is 3.65. The molecule has 136 valence electrons. The normalized spacial score (nSPS) is 11.2. The van der Waals surface area contributed by atoms with Crippen LogP contribution < -0.4 is 4.74 Å². The number of aryl methyl sites for hydroxylation is 3. The number of methoxy groups -OCH3 is 1. The van der Waals surface area contributed by atoms with Crippen LogP contribution in [0.1, 0.15) is 44.6 Å². The number of fused-ring (bicyclic) bond motifs is 2. The van der Waals surface area contributed by atoms with Crippen molar-refractivity contribution < 1.29 is 19.1 Å². The van der Waals surface area contributed by atoms with Crippen molar-refractivity contribution in [1.82, 2.24) is 9.55 Å². The fourth-order valence-corrected chi connectivity index (χ4v) is 3.50. The zero-order chi connectivity index (χ0) is 19.2. The number of benzene rings is 1. The van der Waals surface area contributed by atoms with Gasteiger partial charge < -0.3 is 14.0 Å². The topological polar surface area (TPSA) is 70.4 Å². The summed E-state index contributed by atoms with van der Waals surface area (Å²) in [7, 11) is 3.52. The van der Waals surface area contributed by atoms with Crippen LogP contribution in [0.15, 0.2) is 6.07 Å². The summed E-state index contributed by atoms with van der Waals surface area (Å²) in [5, 5.41) is 1.41. The zero-order valence-electron chi connectivity index (χ0n) is 15.9. The molecule has 0 fully saturated rings. The van der Waals surface area contributed by atoms with Crippen LogP contribution in [0, 0.1) is 20.8 Å². The maximum absolute atomic E-state index is 12.3. The van der Waals surface area contributed by atoms with Crippen LogP contribution in [0.4, 0.5) is 0 Å². The third-order valence-electron chi connectivity index (χ3n) is 5.01. The van der Waals surface area contributed by atoms with E-state index in [1.165, 1.54) is 0 Å². The monoisotopic (exact) mass is 354 g/mol. The molecule has 0 N–H and O–H groups in total. The lowest BCUT2D eigenvalue weighted by atomic mass is 9.98. The molecular weight excluding hydrogens is 332 g/mol. The van der Waals surface area contributed by atoms with Crippen molar-refractivity contribution in [3.8, 4) is 5.75 Å². The second-order valence-electron chi connectivity index (χ2n) is 6.30. The van der Waals surface area contributed by atoms with Gasteiger partial charge in [0.1, 0.15) is 5.52 Å². The average molecular weight is 354 g/mol. The van der Waals surface area contributed by atoms with Gasteiger partial charge in [0.05, 0.1) is 30.5 Å². The van der Waals surface area contributed by atoms with E-state index >= 15 is 0 Å². The van der Waals surface area contributed by atoms with Crippen molar-refractivity contribution in [2.75, 3.05) is 13.7 Å². The molecule has 0 aliphatic heterocycles. The van der Waals surface area contributed by atoms with Crippen LogP contribution in [0.3, 0.4) is 0 Å². The highest BCUT2D eigenvalue weighted by Gasteiger charge is 2.24. The van der Waals surface area contributed by atoms with E-state index in [2.05, 4.69) is 4.98 Å². The molecule has 0 saturated heterocycles. The summed E-state index contributed by atoms with van der Waals surface area (Å²) in [5.74, 6) is 0.147. The number of aldehydes is 1. The van der Waals surface area contributed by atoms with Crippen LogP contribution in [0.25, 0.3) is 21.8 Å². The average Bonchev–Trinajstić information content (AvgIpc) is 2.84. The standard InChI is InChI=1S/C20H22N2O4/c1-7-26-20(24)13-8-14-15(9-23)16-10(2)12(4)22(5)18(16)19(25-6)17(14)21-11(13)3/h8-9H,7H2,1-6H3. The molecule has 0 atom stereocenters. The molecule has 0 spiro atoms. The molecule has 1 aromatic carbocycles. The van der Waals surface area contributed by atoms with E-state index in [-0.39, 0.29) is 6.61 Å². The molecule has 0 radical (unpaired) electrons. The fourth-order valence-electron chi connectivity index (χ4n) is 3.50. The maximum Gasteiger partial charge on any atom is 0.339 e. The number of hydrogen-bond acceptors (Lipinski definition) is 5. The Morgan fingerprint density at radius 2 is 2.00 bits per heavy atom. The highest BCUT2D eigenvalue weighted by atomic mass is 16.5. The number of carbonyl (C=O) groups excluding carboxylic acids is 2. The summed E-state index contributed by atoms with van der Waals surface area (Å²) in [4.78, 5) is 28.9. The highest BCUT2D eigenvalue weighted by Crippen LogP contribution is 2.40. The zero-order valence-corrected chi connectivity index (χ0v) is 15.9. The van der Waals surface area contributed by atoms with Gasteiger partial charge >= 0.3 is 5.97 Å². The SMILES string of the molecule is CCOC(=O)c1cc2c(C=O)c3c(C)c(C)n(C)c3c(OC)c2nc1C. The molecule has 3 rings (SSSR count). The molecule has 6 heteroatoms. The molecule has 2 aromatic heterocycles. The Kier molecular flexibility index (Phi) is 4.44. The summed E-state index contributed by atoms with van der Waals surface area (Å²) in [5.41, 5.74) is 4.83. The number of hydrogen-bond donors (Lipinski definition) is 0. The number of nitrogens with zero attached hydrogens (tertiary/aromatic N) is 2. The Labute approximate surface area is 151 Å². The van der Waals surface area contributed by atoms with Crippen LogP contribution in [-0.2, 0) is 11.8 Å². The molecule has 0 saturated carbocycles. The molecule has 0 bridgehead atoms. The first-order valence-electron chi connectivity index (χ1n) is 8.46. The van der Waals surface area contributed by atoms with Gasteiger partial charge in [0.2, 0.25) is 0 Å². The van der Waals surface area contributed by atoms with Gasteiger partial charge in [-0.3, -0.25) is 4.79 Å². The first-order chi connectivity index (χ1) is 12.4. The lowest BCUT2D eigenvalue weighted by Gasteiger charge is -2.14. The van der Waals surface area contributed by atoms with E-state index in [1.54, 1.807) is 27.0 Å². The van der Waals surface area contributed by atoms with Crippen molar-refractivity contribution in [2.24, 2.45) is 7.05 Å². The summed E-state index contributed by atoms with van der Waals surface area (Å²) in [6, 6.07) is 1.68. The van der Waals surface area contributed by atoms with Gasteiger partial charge in [-0.15, -0.1) is 0 Å². The van der Waals surface area contributed by atoms with E-state index in [4.69, 9.17) is 9.47 Å². The van der Waals surface area contributed by atoms with Crippen molar-refractivity contribution >= 4 is 34.1 Å². The number of pyridine rings is 1. The summed E-state index contributed by atoms with van der Waals surface area (Å²) < 4.78 is 12.8. The largest absolute Gasteiger partial charge is 0.492 e. The van der Waals surface area contributed by atoms with Gasteiger partial charge in [0.15, 0.2) is 12.0 Å². The maximum atomic E-state index is 12.3. The van der Waals surface area contributed by atoms with E-state index < -0.39 is 5.97 Å². The van der Waals surface area contributed by atoms with Gasteiger partial charge in [0.25, 0.3) is 0 Å². The van der Waals surface area contributed by atoms with E-state index in [1.807, 2.05) is 25.5 Å². The Balaban J connectivity index is 2.56. The molecule has 3 aromatic rings. The van der Waals surface area contributed by atoms with Gasteiger partial charge in [0, 0.05) is 29.1 Å². The smallest absolute Gasteiger partial charge is 0.339 e. The molecule has 0 aliphatic rings. The Bertz CT molecular complexity index is 1060. The lowest BCUT2D eigenvalue weighted by Crippen LogP contribution is -2.09. The summed E-state index contributed by atoms with van der Waals surface area (Å²) >= 11 is 0. The van der Waals surface area contributed by atoms with Crippen molar-refractivity contribution in [2.45, 2.75) is 27.7 Å². The third kappa shape index (κ3) is 2.36. The minimum absolute atomic E-state index is 0.274. The predicted molar refractivity (Wildman–Crippen MR) is 100 cm³/mol. The summed E-state index contributed by atoms with van der Waals surface area (Å²) in [6.45, 7) is 7.75. The molecule has 0 amide bonds. The Morgan fingerprint density at radius 1 is 1.31 bits per heavy atom. The minimum atomic E-state index is -0.448. The first-order valence-corrected chi connectivity index (χ1v) is 8.46. The lowest BCUT2D eigenvalue weighted by molar-refractivity contribution is 0.0525. The van der Waals surface area contributed by atoms with Crippen molar-refractivity contribution in [1.29, 1.82) is 0 Å². The van der Waals surface area contributed by atoms with E-state index in [9.17, 15) is 9.59 Å². The number of rotatable bonds is 4. The number of ether oxygens (including phenoxy) is 2. The summed E-state index contributed by atoms with van der Waals surface area (Å²) in [6.07, 6.45) is 0.822. The fraction of sp³-hybridized carbons (Fsp3) is 0.350. The third-order valence-corrected chi connectivity index (χ3v) is 5.01. The second kappa shape index (κ2) is 6.44. The Hall–Kier alpha value is -2.89. The number of carbonyl (C=O) groups is 2. The number of esters is 1. The van der Waals surface area contributed by atoms with Gasteiger partial charge in [-0.05, 0) is 39.3 Å². The van der Waals surface area contributed by atoms with Crippen molar-refractivity contribution in [3.63, 3.8) is 0 Å². The first kappa shape index (κ1) is 17.9. The van der Waals surface area contributed by atoms with Crippen LogP contribution in [0.2, 0.25) is 0 Å². The molecule has 2 heterocycles. The second-order valence-corrected chi connectivity index (χ2v) is 6.30.